The third-order valence-electron chi connectivity index (χ3n) is 8.73. The third-order valence-corrected chi connectivity index (χ3v) is 9.99. The summed E-state index contributed by atoms with van der Waals surface area (Å²) >= 11 is 1.92. The molecular weight excluding hydrogens is 569 g/mol. The van der Waals surface area contributed by atoms with E-state index in [-0.39, 0.29) is 0 Å². The van der Waals surface area contributed by atoms with Gasteiger partial charge in [0.05, 0.1) is 0 Å². The zero-order chi connectivity index (χ0) is 29.7. The van der Waals surface area contributed by atoms with E-state index in [4.69, 9.17) is 4.42 Å². The molecule has 0 saturated heterocycles. The largest absolute Gasteiger partial charge is 0.452 e. The van der Waals surface area contributed by atoms with Crippen LogP contribution in [0.15, 0.2) is 144 Å². The molecule has 3 aromatic heterocycles. The number of benzene rings is 5. The van der Waals surface area contributed by atoms with Crippen molar-refractivity contribution in [3.05, 3.63) is 156 Å². The molecule has 1 aliphatic rings. The molecule has 0 amide bonds. The lowest BCUT2D eigenvalue weighted by molar-refractivity contribution is 0.667. The molecular formula is C41H26N2OS. The second-order valence-electron chi connectivity index (χ2n) is 11.4. The maximum absolute atomic E-state index is 6.17. The maximum Gasteiger partial charge on any atom is 0.180 e. The lowest BCUT2D eigenvalue weighted by atomic mass is 9.97. The van der Waals surface area contributed by atoms with Crippen LogP contribution in [0.1, 0.15) is 16.0 Å². The highest BCUT2D eigenvalue weighted by Gasteiger charge is 2.18. The van der Waals surface area contributed by atoms with Crippen molar-refractivity contribution in [1.29, 1.82) is 0 Å². The van der Waals surface area contributed by atoms with Gasteiger partial charge in [0, 0.05) is 32.3 Å². The Morgan fingerprint density at radius 2 is 1.31 bits per heavy atom. The smallest absolute Gasteiger partial charge is 0.180 e. The van der Waals surface area contributed by atoms with Crippen molar-refractivity contribution >= 4 is 55.1 Å². The lowest BCUT2D eigenvalue weighted by Gasteiger charge is -2.08. The number of furan rings is 1. The van der Waals surface area contributed by atoms with E-state index >= 15 is 0 Å². The van der Waals surface area contributed by atoms with Crippen LogP contribution < -0.4 is 0 Å². The third kappa shape index (κ3) is 4.42. The van der Waals surface area contributed by atoms with Gasteiger partial charge in [-0.05, 0) is 51.1 Å². The van der Waals surface area contributed by atoms with E-state index in [1.807, 2.05) is 35.6 Å². The summed E-state index contributed by atoms with van der Waals surface area (Å²) in [6.45, 7) is 0. The first-order valence-corrected chi connectivity index (χ1v) is 15.9. The molecule has 0 N–H and O–H groups in total. The molecule has 5 aromatic carbocycles. The first-order chi connectivity index (χ1) is 22.3. The fourth-order valence-corrected chi connectivity index (χ4v) is 7.81. The minimum atomic E-state index is 0.721. The molecule has 0 fully saturated rings. The number of hydrogen-bond acceptors (Lipinski definition) is 4. The number of nitrogens with zero attached hydrogens (tertiary/aromatic N) is 2. The van der Waals surface area contributed by atoms with Gasteiger partial charge in [-0.15, -0.1) is 11.3 Å². The summed E-state index contributed by atoms with van der Waals surface area (Å²) in [7, 11) is 0. The average molecular weight is 595 g/mol. The van der Waals surface area contributed by atoms with Crippen LogP contribution >= 0.6 is 11.3 Å². The average Bonchev–Trinajstić information content (AvgIpc) is 3.58. The molecule has 9 rings (SSSR count). The highest BCUT2D eigenvalue weighted by molar-refractivity contribution is 7.20. The van der Waals surface area contributed by atoms with E-state index in [0.29, 0.717) is 0 Å². The van der Waals surface area contributed by atoms with Crippen molar-refractivity contribution < 1.29 is 4.42 Å². The highest BCUT2D eigenvalue weighted by atomic mass is 32.1. The van der Waals surface area contributed by atoms with E-state index in [9.17, 15) is 0 Å². The Hall–Kier alpha value is -5.58. The van der Waals surface area contributed by atoms with Crippen LogP contribution in [0, 0.1) is 0 Å². The van der Waals surface area contributed by atoms with E-state index in [1.165, 1.54) is 48.4 Å². The Balaban J connectivity index is 1.02. The Morgan fingerprint density at radius 1 is 0.600 bits per heavy atom. The molecule has 0 radical (unpaired) electrons. The number of fused-ring (bicyclic) bond motifs is 6. The normalized spacial score (nSPS) is 12.8. The number of para-hydroxylation sites is 1. The quantitative estimate of drug-likeness (QED) is 0.203. The number of allylic oxidation sites excluding steroid dienone is 3. The van der Waals surface area contributed by atoms with Crippen molar-refractivity contribution in [1.82, 2.24) is 9.97 Å². The fourth-order valence-electron chi connectivity index (χ4n) is 6.46. The minimum absolute atomic E-state index is 0.721. The first kappa shape index (κ1) is 25.9. The molecule has 0 atom stereocenters. The van der Waals surface area contributed by atoms with Gasteiger partial charge in [0.25, 0.3) is 0 Å². The lowest BCUT2D eigenvalue weighted by Crippen LogP contribution is -1.88. The summed E-state index contributed by atoms with van der Waals surface area (Å²) in [6, 6.07) is 42.9. The number of rotatable bonds is 4. The van der Waals surface area contributed by atoms with Crippen LogP contribution in [0.25, 0.3) is 77.3 Å². The summed E-state index contributed by atoms with van der Waals surface area (Å²) in [5.41, 5.74) is 13.0. The van der Waals surface area contributed by atoms with E-state index in [0.717, 1.165) is 45.3 Å². The van der Waals surface area contributed by atoms with E-state index in [2.05, 4.69) is 125 Å². The second kappa shape index (κ2) is 10.5. The van der Waals surface area contributed by atoms with Gasteiger partial charge in [0.2, 0.25) is 0 Å². The first-order valence-electron chi connectivity index (χ1n) is 15.1. The van der Waals surface area contributed by atoms with Crippen molar-refractivity contribution in [3.8, 4) is 33.5 Å². The fraction of sp³-hybridized carbons (Fsp3) is 0.0244. The van der Waals surface area contributed by atoms with Gasteiger partial charge in [0.15, 0.2) is 5.58 Å². The van der Waals surface area contributed by atoms with Crippen LogP contribution in [0.2, 0.25) is 0 Å². The van der Waals surface area contributed by atoms with Gasteiger partial charge in [-0.3, -0.25) is 0 Å². The molecule has 3 nitrogen and oxygen atoms in total. The summed E-state index contributed by atoms with van der Waals surface area (Å²) in [4.78, 5) is 10.5. The Kier molecular flexibility index (Phi) is 6.06. The summed E-state index contributed by atoms with van der Waals surface area (Å²) in [6.07, 6.45) is 9.30. The molecule has 0 bridgehead atoms. The van der Waals surface area contributed by atoms with Crippen LogP contribution in [0.4, 0.5) is 0 Å². The predicted octanol–water partition coefficient (Wildman–Crippen LogP) is 11.2. The number of thiophene rings is 1. The molecule has 1 aliphatic carbocycles. The van der Waals surface area contributed by atoms with Gasteiger partial charge in [-0.2, -0.15) is 0 Å². The Morgan fingerprint density at radius 3 is 2.13 bits per heavy atom. The Labute approximate surface area is 264 Å². The Bertz CT molecular complexity index is 2430. The van der Waals surface area contributed by atoms with E-state index in [1.54, 1.807) is 6.33 Å². The minimum Gasteiger partial charge on any atom is -0.452 e. The topological polar surface area (TPSA) is 38.9 Å². The van der Waals surface area contributed by atoms with Crippen LogP contribution in [-0.2, 0) is 6.42 Å². The highest BCUT2D eigenvalue weighted by Crippen LogP contribution is 2.42. The van der Waals surface area contributed by atoms with Crippen molar-refractivity contribution in [3.63, 3.8) is 0 Å². The number of aromatic nitrogens is 2. The van der Waals surface area contributed by atoms with E-state index < -0.39 is 0 Å². The van der Waals surface area contributed by atoms with Crippen LogP contribution in [0.3, 0.4) is 0 Å². The molecule has 4 heteroatoms. The van der Waals surface area contributed by atoms with Crippen molar-refractivity contribution in [2.45, 2.75) is 6.42 Å². The maximum atomic E-state index is 6.17. The molecule has 0 aliphatic heterocycles. The zero-order valence-electron chi connectivity index (χ0n) is 24.3. The monoisotopic (exact) mass is 594 g/mol. The summed E-state index contributed by atoms with van der Waals surface area (Å²) in [5.74, 6) is 0. The van der Waals surface area contributed by atoms with Gasteiger partial charge < -0.3 is 4.42 Å². The van der Waals surface area contributed by atoms with Crippen molar-refractivity contribution in [2.24, 2.45) is 0 Å². The molecule has 212 valence electrons. The SMILES string of the molecule is C1=Cc2c(sc3c(-c4ccc(-c5ccc(-c6ncnc7c6oc6ccccc67)cc5)cc4)cccc23)CC(c2ccccc2)=C1. The molecule has 0 unspecified atom stereocenters. The molecule has 3 heterocycles. The predicted molar refractivity (Wildman–Crippen MR) is 188 cm³/mol. The zero-order valence-corrected chi connectivity index (χ0v) is 25.1. The standard InChI is InChI=1S/C41H26N2OS/c1-2-8-26(9-3-1)31-10-6-13-33-34-14-7-12-32(41(34)45-37(33)24-31)29-20-16-27(17-21-29)28-18-22-30(23-19-28)38-40-39(43-25-42-38)35-11-4-5-15-36(35)44-40/h1-23,25H,24H2. The molecule has 45 heavy (non-hydrogen) atoms. The second-order valence-corrected chi connectivity index (χ2v) is 12.5. The van der Waals surface area contributed by atoms with Crippen LogP contribution in [0.5, 0.6) is 0 Å². The van der Waals surface area contributed by atoms with Crippen LogP contribution in [-0.4, -0.2) is 9.97 Å². The molecule has 0 spiro atoms. The molecule has 8 aromatic rings. The van der Waals surface area contributed by atoms with Gasteiger partial charge >= 0.3 is 0 Å². The van der Waals surface area contributed by atoms with Crippen molar-refractivity contribution in [2.75, 3.05) is 0 Å². The summed E-state index contributed by atoms with van der Waals surface area (Å²) in [5, 5.41) is 2.33. The number of hydrogen-bond donors (Lipinski definition) is 0. The van der Waals surface area contributed by atoms with Gasteiger partial charge in [0.1, 0.15) is 23.1 Å². The molecule has 0 saturated carbocycles. The van der Waals surface area contributed by atoms with Gasteiger partial charge in [-0.25, -0.2) is 9.97 Å². The van der Waals surface area contributed by atoms with Gasteiger partial charge in [-0.1, -0.05) is 127 Å². The summed E-state index contributed by atoms with van der Waals surface area (Å²) < 4.78 is 7.51.